The summed E-state index contributed by atoms with van der Waals surface area (Å²) in [6.45, 7) is 9.24. The van der Waals surface area contributed by atoms with Gasteiger partial charge >= 0.3 is 5.97 Å². The van der Waals surface area contributed by atoms with Gasteiger partial charge in [-0.3, -0.25) is 4.79 Å². The molecular weight excluding hydrogens is 550 g/mol. The normalized spacial score (nSPS) is 11.5. The van der Waals surface area contributed by atoms with Gasteiger partial charge in [-0.2, -0.15) is 0 Å². The molecule has 0 amide bonds. The van der Waals surface area contributed by atoms with Gasteiger partial charge in [-0.15, -0.1) is 0 Å². The number of hydrogen-bond donors (Lipinski definition) is 2. The Morgan fingerprint density at radius 1 is 0.767 bits per heavy atom. The molecule has 0 aliphatic heterocycles. The van der Waals surface area contributed by atoms with Crippen LogP contribution in [0.25, 0.3) is 16.6 Å². The molecule has 0 radical (unpaired) electrons. The minimum atomic E-state index is -1.22. The molecule has 2 N–H and O–H groups in total. The van der Waals surface area contributed by atoms with E-state index < -0.39 is 24.6 Å². The number of hydrogen-bond acceptors (Lipinski definition) is 8. The zero-order chi connectivity index (χ0) is 31.5. The molecule has 0 spiro atoms. The van der Waals surface area contributed by atoms with E-state index in [1.54, 1.807) is 33.5 Å². The highest BCUT2D eigenvalue weighted by molar-refractivity contribution is 5.86. The van der Waals surface area contributed by atoms with E-state index in [9.17, 15) is 15.0 Å². The predicted molar refractivity (Wildman–Crippen MR) is 167 cm³/mol. The number of nitrogens with zero attached hydrogens (tertiary/aromatic N) is 1. The lowest BCUT2D eigenvalue weighted by atomic mass is 9.93. The number of benzene rings is 2. The zero-order valence-corrected chi connectivity index (χ0v) is 26.0. The second-order valence-corrected chi connectivity index (χ2v) is 10.7. The molecule has 0 aliphatic rings. The molecule has 9 nitrogen and oxygen atoms in total. The Hall–Kier alpha value is -3.74. The van der Waals surface area contributed by atoms with Gasteiger partial charge in [0.1, 0.15) is 5.41 Å². The van der Waals surface area contributed by atoms with Gasteiger partial charge in [0.05, 0.1) is 54.3 Å². The van der Waals surface area contributed by atoms with Crippen molar-refractivity contribution in [2.75, 3.05) is 47.8 Å². The topological polar surface area (TPSA) is 108 Å². The van der Waals surface area contributed by atoms with Crippen LogP contribution in [0, 0.1) is 12.0 Å². The van der Waals surface area contributed by atoms with Crippen molar-refractivity contribution >= 4 is 17.7 Å². The van der Waals surface area contributed by atoms with Crippen molar-refractivity contribution < 1.29 is 38.7 Å². The molecule has 0 bridgehead atoms. The molecule has 0 atom stereocenters. The molecule has 0 aliphatic carbocycles. The fraction of sp³-hybridized carbons (Fsp3) is 0.529. The smallest absolute Gasteiger partial charge is 0.316 e. The van der Waals surface area contributed by atoms with Crippen molar-refractivity contribution in [1.82, 2.24) is 0 Å². The number of ether oxygens (including phenoxy) is 5. The third-order valence-corrected chi connectivity index (χ3v) is 7.26. The third kappa shape index (κ3) is 11.5. The molecule has 2 aromatic carbocycles. The zero-order valence-electron chi connectivity index (χ0n) is 26.0. The van der Waals surface area contributed by atoms with E-state index >= 15 is 0 Å². The van der Waals surface area contributed by atoms with E-state index in [0.717, 1.165) is 56.1 Å². The van der Waals surface area contributed by atoms with Crippen LogP contribution in [-0.4, -0.2) is 63.9 Å². The number of carbonyl (C=O) groups is 1. The highest BCUT2D eigenvalue weighted by Crippen LogP contribution is 2.33. The minimum Gasteiger partial charge on any atom is -0.493 e. The van der Waals surface area contributed by atoms with Crippen LogP contribution in [0.1, 0.15) is 75.8 Å². The minimum absolute atomic E-state index is 0.319. The summed E-state index contributed by atoms with van der Waals surface area (Å²) in [5.74, 6) is 1.93. The Bertz CT molecular complexity index is 1200. The summed E-state index contributed by atoms with van der Waals surface area (Å²) in [5.41, 5.74) is 0.814. The molecule has 236 valence electrons. The average Bonchev–Trinajstić information content (AvgIpc) is 3.04. The lowest BCUT2D eigenvalue weighted by Gasteiger charge is -2.22. The van der Waals surface area contributed by atoms with Crippen LogP contribution in [0.5, 0.6) is 23.0 Å². The van der Waals surface area contributed by atoms with E-state index in [1.807, 2.05) is 30.3 Å². The van der Waals surface area contributed by atoms with Crippen molar-refractivity contribution in [2.24, 2.45) is 5.41 Å². The summed E-state index contributed by atoms with van der Waals surface area (Å²) in [7, 11) is 4.75. The Morgan fingerprint density at radius 3 is 1.86 bits per heavy atom. The van der Waals surface area contributed by atoms with Crippen LogP contribution in [0.3, 0.4) is 0 Å². The van der Waals surface area contributed by atoms with Crippen LogP contribution in [0.15, 0.2) is 36.4 Å². The van der Waals surface area contributed by atoms with Crippen molar-refractivity contribution in [3.8, 4) is 23.0 Å². The number of unbranched alkanes of at least 4 members (excludes halogenated alkanes) is 8. The van der Waals surface area contributed by atoms with Crippen LogP contribution in [0.4, 0.5) is 0 Å². The molecule has 43 heavy (non-hydrogen) atoms. The Balaban J connectivity index is 1.67. The summed E-state index contributed by atoms with van der Waals surface area (Å²) >= 11 is 0. The standard InChI is InChI=1S/C34H47NO8/c1-34(24-36,25-37)33(38)43-20-14-12-10-8-6-7-9-11-13-19-42-30-17-15-26(22-31(30)40-4)21-28(35-2)27-16-18-29(39-3)32(23-27)41-5/h15-18,21-23,36-37H,6-14,19-20,24-25H2,1,3-5H3. The first-order valence-corrected chi connectivity index (χ1v) is 14.9. The summed E-state index contributed by atoms with van der Waals surface area (Å²) in [4.78, 5) is 15.6. The Labute approximate surface area is 256 Å². The molecule has 0 fully saturated rings. The van der Waals surface area contributed by atoms with Crippen LogP contribution >= 0.6 is 0 Å². The maximum Gasteiger partial charge on any atom is 0.316 e. The summed E-state index contributed by atoms with van der Waals surface area (Å²) in [6.07, 6.45) is 11.4. The predicted octanol–water partition coefficient (Wildman–Crippen LogP) is 6.55. The highest BCUT2D eigenvalue weighted by Gasteiger charge is 2.33. The Kier molecular flexibility index (Phi) is 16.0. The van der Waals surface area contributed by atoms with Crippen LogP contribution < -0.4 is 18.9 Å². The number of carbonyl (C=O) groups excluding carboxylic acids is 1. The third-order valence-electron chi connectivity index (χ3n) is 7.26. The molecule has 0 aromatic heterocycles. The highest BCUT2D eigenvalue weighted by atomic mass is 16.5. The van der Waals surface area contributed by atoms with E-state index in [1.165, 1.54) is 19.8 Å². The van der Waals surface area contributed by atoms with Crippen molar-refractivity contribution in [2.45, 2.75) is 64.7 Å². The van der Waals surface area contributed by atoms with Gasteiger partial charge in [0.25, 0.3) is 0 Å². The molecule has 0 unspecified atom stereocenters. The molecule has 0 saturated heterocycles. The van der Waals surface area contributed by atoms with E-state index in [-0.39, 0.29) is 0 Å². The maximum atomic E-state index is 11.9. The second-order valence-electron chi connectivity index (χ2n) is 10.7. The molecular formula is C34H47NO8. The number of esters is 1. The maximum absolute atomic E-state index is 11.9. The van der Waals surface area contributed by atoms with Gasteiger partial charge in [-0.25, -0.2) is 4.85 Å². The van der Waals surface area contributed by atoms with Crippen LogP contribution in [-0.2, 0) is 9.53 Å². The van der Waals surface area contributed by atoms with E-state index in [0.29, 0.717) is 41.9 Å². The molecule has 2 rings (SSSR count). The molecule has 9 heteroatoms. The first kappa shape index (κ1) is 35.5. The number of rotatable bonds is 21. The van der Waals surface area contributed by atoms with Gasteiger partial charge in [0.15, 0.2) is 28.7 Å². The second kappa shape index (κ2) is 19.4. The lowest BCUT2D eigenvalue weighted by molar-refractivity contribution is -0.160. The fourth-order valence-corrected chi connectivity index (χ4v) is 4.37. The van der Waals surface area contributed by atoms with E-state index in [2.05, 4.69) is 4.85 Å². The first-order valence-electron chi connectivity index (χ1n) is 14.9. The largest absolute Gasteiger partial charge is 0.493 e. The van der Waals surface area contributed by atoms with Gasteiger partial charge in [0.2, 0.25) is 0 Å². The summed E-state index contributed by atoms with van der Waals surface area (Å²) in [5, 5.41) is 18.5. The van der Waals surface area contributed by atoms with Gasteiger partial charge < -0.3 is 33.9 Å². The SMILES string of the molecule is [C-]#[N+]C(=Cc1ccc(OCCCCCCCCCCCOC(=O)C(C)(CO)CO)c(OC)c1)c1ccc(OC)c(OC)c1. The molecule has 0 saturated carbocycles. The van der Waals surface area contributed by atoms with Gasteiger partial charge in [-0.1, -0.05) is 57.1 Å². The van der Waals surface area contributed by atoms with Gasteiger partial charge in [-0.05, 0) is 61.2 Å². The van der Waals surface area contributed by atoms with Crippen molar-refractivity contribution in [1.29, 1.82) is 0 Å². The Morgan fingerprint density at radius 2 is 1.30 bits per heavy atom. The molecule has 0 heterocycles. The number of aliphatic hydroxyl groups excluding tert-OH is 2. The molecule has 2 aromatic rings. The number of methoxy groups -OCH3 is 3. The van der Waals surface area contributed by atoms with E-state index in [4.69, 9.17) is 30.3 Å². The summed E-state index contributed by atoms with van der Waals surface area (Å²) < 4.78 is 27.4. The average molecular weight is 598 g/mol. The van der Waals surface area contributed by atoms with Crippen molar-refractivity contribution in [3.63, 3.8) is 0 Å². The first-order chi connectivity index (χ1) is 20.8. The summed E-state index contributed by atoms with van der Waals surface area (Å²) in [6, 6.07) is 11.1. The quantitative estimate of drug-likeness (QED) is 0.0722. The lowest BCUT2D eigenvalue weighted by Crippen LogP contribution is -2.37. The van der Waals surface area contributed by atoms with Crippen molar-refractivity contribution in [3.05, 3.63) is 58.9 Å². The monoisotopic (exact) mass is 597 g/mol. The van der Waals surface area contributed by atoms with Crippen LogP contribution in [0.2, 0.25) is 0 Å². The number of aliphatic hydroxyl groups is 2. The van der Waals surface area contributed by atoms with Gasteiger partial charge in [0, 0.05) is 0 Å². The fourth-order valence-electron chi connectivity index (χ4n) is 4.37.